The number of rotatable bonds is 9. The van der Waals surface area contributed by atoms with E-state index < -0.39 is 5.97 Å². The summed E-state index contributed by atoms with van der Waals surface area (Å²) in [6, 6.07) is 25.2. The molecule has 5 rings (SSSR count). The van der Waals surface area contributed by atoms with E-state index in [4.69, 9.17) is 14.8 Å². The molecule has 4 aromatic rings. The molecule has 40 heavy (non-hydrogen) atoms. The minimum Gasteiger partial charge on any atom is -0.478 e. The summed E-state index contributed by atoms with van der Waals surface area (Å²) in [6.07, 6.45) is -0.253. The Balaban J connectivity index is 1.09. The van der Waals surface area contributed by atoms with Gasteiger partial charge in [0.1, 0.15) is 6.61 Å². The summed E-state index contributed by atoms with van der Waals surface area (Å²) >= 11 is 1.59. The number of anilines is 1. The summed E-state index contributed by atoms with van der Waals surface area (Å²) in [5.41, 5.74) is 5.52. The summed E-state index contributed by atoms with van der Waals surface area (Å²) in [6.45, 7) is 4.70. The maximum absolute atomic E-state index is 12.4. The van der Waals surface area contributed by atoms with Crippen LogP contribution in [0.2, 0.25) is 0 Å². The first-order valence-corrected chi connectivity index (χ1v) is 14.1. The van der Waals surface area contributed by atoms with Crippen LogP contribution in [-0.2, 0) is 24.4 Å². The third-order valence-corrected chi connectivity index (χ3v) is 7.89. The van der Waals surface area contributed by atoms with Crippen molar-refractivity contribution in [3.8, 4) is 11.3 Å². The third kappa shape index (κ3) is 7.05. The molecule has 0 saturated carbocycles. The number of aromatic carboxylic acids is 1. The molecule has 2 heterocycles. The highest BCUT2D eigenvalue weighted by atomic mass is 32.1. The molecule has 1 aliphatic rings. The number of amides is 1. The number of aromatic nitrogens is 1. The van der Waals surface area contributed by atoms with Crippen LogP contribution in [0.5, 0.6) is 0 Å². The molecule has 0 atom stereocenters. The summed E-state index contributed by atoms with van der Waals surface area (Å²) in [4.78, 5) is 34.5. The van der Waals surface area contributed by atoms with E-state index in [-0.39, 0.29) is 11.7 Å². The lowest BCUT2D eigenvalue weighted by molar-refractivity contribution is 0.0691. The standard InChI is InChI=1S/C31H32N4O4S/c1-33(19-23-9-13-27(14-10-23)29(36)37)30-32-28(22-40-30)26-11-7-24(8-12-26)20-34-15-17-35(18-16-34)31(38)39-21-25-5-3-2-4-6-25/h2-14,22H,15-21H2,1H3,(H,36,37). The van der Waals surface area contributed by atoms with Crippen molar-refractivity contribution in [2.24, 2.45) is 0 Å². The van der Waals surface area contributed by atoms with Crippen LogP contribution in [0.3, 0.4) is 0 Å². The van der Waals surface area contributed by atoms with Gasteiger partial charge in [0.15, 0.2) is 5.13 Å². The summed E-state index contributed by atoms with van der Waals surface area (Å²) < 4.78 is 5.48. The van der Waals surface area contributed by atoms with Crippen molar-refractivity contribution in [2.45, 2.75) is 19.7 Å². The molecule has 9 heteroatoms. The average molecular weight is 557 g/mol. The van der Waals surface area contributed by atoms with E-state index in [2.05, 4.69) is 39.4 Å². The van der Waals surface area contributed by atoms with Gasteiger partial charge in [-0.2, -0.15) is 0 Å². The lowest BCUT2D eigenvalue weighted by atomic mass is 10.1. The lowest BCUT2D eigenvalue weighted by Crippen LogP contribution is -2.48. The van der Waals surface area contributed by atoms with E-state index in [1.807, 2.05) is 49.5 Å². The number of carbonyl (C=O) groups excluding carboxylic acids is 1. The first-order valence-electron chi connectivity index (χ1n) is 13.2. The minimum absolute atomic E-state index is 0.253. The van der Waals surface area contributed by atoms with Gasteiger partial charge in [0.2, 0.25) is 0 Å². The van der Waals surface area contributed by atoms with Crippen LogP contribution >= 0.6 is 11.3 Å². The van der Waals surface area contributed by atoms with Crippen LogP contribution in [-0.4, -0.2) is 65.2 Å². The van der Waals surface area contributed by atoms with Crippen molar-refractivity contribution in [1.29, 1.82) is 0 Å². The van der Waals surface area contributed by atoms with Gasteiger partial charge in [-0.1, -0.05) is 66.7 Å². The molecule has 1 saturated heterocycles. The average Bonchev–Trinajstić information content (AvgIpc) is 3.48. The van der Waals surface area contributed by atoms with Crippen LogP contribution in [0, 0.1) is 0 Å². The molecule has 1 aromatic heterocycles. The van der Waals surface area contributed by atoms with Crippen molar-refractivity contribution in [3.63, 3.8) is 0 Å². The molecular formula is C31H32N4O4S. The fourth-order valence-corrected chi connectivity index (χ4v) is 5.41. The van der Waals surface area contributed by atoms with Crippen LogP contribution in [0.25, 0.3) is 11.3 Å². The molecule has 1 N–H and O–H groups in total. The molecule has 1 fully saturated rings. The van der Waals surface area contributed by atoms with Crippen molar-refractivity contribution in [1.82, 2.24) is 14.8 Å². The molecule has 0 bridgehead atoms. The maximum atomic E-state index is 12.4. The molecule has 3 aromatic carbocycles. The number of hydrogen-bond acceptors (Lipinski definition) is 7. The Hall–Kier alpha value is -4.21. The largest absolute Gasteiger partial charge is 0.478 e. The van der Waals surface area contributed by atoms with Gasteiger partial charge in [0, 0.05) is 57.3 Å². The molecular weight excluding hydrogens is 524 g/mol. The second-order valence-corrected chi connectivity index (χ2v) is 10.7. The second-order valence-electron chi connectivity index (χ2n) is 9.87. The van der Waals surface area contributed by atoms with Gasteiger partial charge in [0.25, 0.3) is 0 Å². The minimum atomic E-state index is -0.921. The van der Waals surface area contributed by atoms with E-state index in [0.717, 1.165) is 47.2 Å². The smallest absolute Gasteiger partial charge is 0.410 e. The van der Waals surface area contributed by atoms with Gasteiger partial charge >= 0.3 is 12.1 Å². The Morgan fingerprint density at radius 3 is 2.25 bits per heavy atom. The van der Waals surface area contributed by atoms with Crippen molar-refractivity contribution < 1.29 is 19.4 Å². The zero-order valence-corrected chi connectivity index (χ0v) is 23.2. The lowest BCUT2D eigenvalue weighted by Gasteiger charge is -2.34. The topological polar surface area (TPSA) is 86.2 Å². The van der Waals surface area contributed by atoms with E-state index in [9.17, 15) is 9.59 Å². The Morgan fingerprint density at radius 2 is 1.57 bits per heavy atom. The van der Waals surface area contributed by atoms with Crippen molar-refractivity contribution in [3.05, 3.63) is 106 Å². The van der Waals surface area contributed by atoms with Crippen LogP contribution in [0.4, 0.5) is 9.93 Å². The Morgan fingerprint density at radius 1 is 0.900 bits per heavy atom. The number of carbonyl (C=O) groups is 2. The van der Waals surface area contributed by atoms with Gasteiger partial charge in [0.05, 0.1) is 11.3 Å². The van der Waals surface area contributed by atoms with Gasteiger partial charge in [-0.25, -0.2) is 14.6 Å². The van der Waals surface area contributed by atoms with Gasteiger partial charge in [-0.15, -0.1) is 11.3 Å². The maximum Gasteiger partial charge on any atom is 0.410 e. The van der Waals surface area contributed by atoms with E-state index in [1.54, 1.807) is 28.4 Å². The predicted molar refractivity (Wildman–Crippen MR) is 157 cm³/mol. The predicted octanol–water partition coefficient (Wildman–Crippen LogP) is 5.60. The quantitative estimate of drug-likeness (QED) is 0.287. The normalized spacial score (nSPS) is 13.7. The highest BCUT2D eigenvalue weighted by Crippen LogP contribution is 2.28. The summed E-state index contributed by atoms with van der Waals surface area (Å²) in [7, 11) is 1.99. The highest BCUT2D eigenvalue weighted by molar-refractivity contribution is 7.14. The number of thiazole rings is 1. The SMILES string of the molecule is CN(Cc1ccc(C(=O)O)cc1)c1nc(-c2ccc(CN3CCN(C(=O)OCc4ccccc4)CC3)cc2)cs1. The van der Waals surface area contributed by atoms with Crippen molar-refractivity contribution in [2.75, 3.05) is 38.1 Å². The number of nitrogens with zero attached hydrogens (tertiary/aromatic N) is 4. The van der Waals surface area contributed by atoms with Crippen LogP contribution in [0.1, 0.15) is 27.0 Å². The third-order valence-electron chi connectivity index (χ3n) is 6.93. The molecule has 8 nitrogen and oxygen atoms in total. The molecule has 0 unspecified atom stereocenters. The Labute approximate surface area is 238 Å². The Kier molecular flexibility index (Phi) is 8.73. The second kappa shape index (κ2) is 12.8. The number of piperazine rings is 1. The fraction of sp³-hybridized carbons (Fsp3) is 0.258. The van der Waals surface area contributed by atoms with Crippen LogP contribution < -0.4 is 4.90 Å². The first kappa shape index (κ1) is 27.4. The monoisotopic (exact) mass is 556 g/mol. The molecule has 1 amide bonds. The summed E-state index contributed by atoms with van der Waals surface area (Å²) in [5, 5.41) is 12.0. The molecule has 0 aliphatic carbocycles. The zero-order chi connectivity index (χ0) is 27.9. The van der Waals surface area contributed by atoms with Crippen LogP contribution in [0.15, 0.2) is 84.2 Å². The van der Waals surface area contributed by atoms with E-state index in [0.29, 0.717) is 26.2 Å². The number of ether oxygens (including phenoxy) is 1. The molecule has 0 radical (unpaired) electrons. The van der Waals surface area contributed by atoms with Gasteiger partial charge < -0.3 is 19.6 Å². The van der Waals surface area contributed by atoms with E-state index >= 15 is 0 Å². The first-order chi connectivity index (χ1) is 19.4. The molecule has 0 spiro atoms. The van der Waals surface area contributed by atoms with Gasteiger partial charge in [-0.05, 0) is 28.8 Å². The summed E-state index contributed by atoms with van der Waals surface area (Å²) in [5.74, 6) is -0.921. The Bertz CT molecular complexity index is 1420. The van der Waals surface area contributed by atoms with Gasteiger partial charge in [-0.3, -0.25) is 4.90 Å². The molecule has 206 valence electrons. The zero-order valence-electron chi connectivity index (χ0n) is 22.4. The fourth-order valence-electron chi connectivity index (χ4n) is 4.60. The number of carboxylic acids is 1. The van der Waals surface area contributed by atoms with Crippen molar-refractivity contribution >= 4 is 28.5 Å². The number of hydrogen-bond donors (Lipinski definition) is 1. The van der Waals surface area contributed by atoms with E-state index in [1.165, 1.54) is 5.56 Å². The number of benzene rings is 3. The number of carboxylic acid groups (broad SMARTS) is 1. The molecule has 1 aliphatic heterocycles. The highest BCUT2D eigenvalue weighted by Gasteiger charge is 2.22.